The molecule has 0 saturated heterocycles. The molecule has 2 aliphatic heterocycles. The fourth-order valence-corrected chi connectivity index (χ4v) is 7.18. The van der Waals surface area contributed by atoms with E-state index in [9.17, 15) is 14.0 Å². The maximum absolute atomic E-state index is 13.6. The zero-order valence-corrected chi connectivity index (χ0v) is 21.4. The maximum atomic E-state index is 13.6. The lowest BCUT2D eigenvalue weighted by Gasteiger charge is -2.35. The maximum Gasteiger partial charge on any atom is 0.264 e. The number of aromatic nitrogens is 2. The van der Waals surface area contributed by atoms with E-state index in [2.05, 4.69) is 6.55 Å². The van der Waals surface area contributed by atoms with Crippen LogP contribution < -0.4 is 5.19 Å². The average molecular weight is 517 g/mol. The molecule has 3 aromatic rings. The van der Waals surface area contributed by atoms with Gasteiger partial charge in [0.25, 0.3) is 11.8 Å². The number of carbonyl (C=O) groups excluding carboxylic acids is 2. The molecule has 10 heteroatoms. The lowest BCUT2D eigenvalue weighted by molar-refractivity contribution is 0.0652. The summed E-state index contributed by atoms with van der Waals surface area (Å²) in [6.45, 7) is 5.53. The predicted octanol–water partition coefficient (Wildman–Crippen LogP) is 3.63. The second-order valence-corrected chi connectivity index (χ2v) is 12.3. The van der Waals surface area contributed by atoms with Crippen LogP contribution in [0.15, 0.2) is 42.5 Å². The van der Waals surface area contributed by atoms with Gasteiger partial charge in [0.1, 0.15) is 11.5 Å². The first kappa shape index (κ1) is 23.1. The Morgan fingerprint density at radius 3 is 2.56 bits per heavy atom. The van der Waals surface area contributed by atoms with E-state index < -0.39 is 8.96 Å². The molecule has 34 heavy (non-hydrogen) atoms. The van der Waals surface area contributed by atoms with Gasteiger partial charge in [0.15, 0.2) is 8.96 Å². The normalized spacial score (nSPS) is 18.5. The highest BCUT2D eigenvalue weighted by Crippen LogP contribution is 2.31. The molecule has 5 rings (SSSR count). The first-order valence-electron chi connectivity index (χ1n) is 11.2. The molecule has 3 heterocycles. The fourth-order valence-electron chi connectivity index (χ4n) is 4.79. The Balaban J connectivity index is 1.44. The van der Waals surface area contributed by atoms with E-state index in [1.807, 2.05) is 11.5 Å². The van der Waals surface area contributed by atoms with Crippen LogP contribution in [0.4, 0.5) is 4.39 Å². The summed E-state index contributed by atoms with van der Waals surface area (Å²) in [4.78, 5) is 28.7. The van der Waals surface area contributed by atoms with Crippen LogP contribution >= 0.6 is 23.2 Å². The Labute approximate surface area is 208 Å². The van der Waals surface area contributed by atoms with Gasteiger partial charge in [-0.1, -0.05) is 35.3 Å². The van der Waals surface area contributed by atoms with E-state index in [-0.39, 0.29) is 23.7 Å². The second-order valence-electron chi connectivity index (χ2n) is 8.84. The molecule has 2 aliphatic rings. The Hall–Kier alpha value is -2.68. The number of halogens is 3. The van der Waals surface area contributed by atoms with Crippen molar-refractivity contribution < 1.29 is 14.0 Å². The molecule has 6 nitrogen and oxygen atoms in total. The van der Waals surface area contributed by atoms with Crippen LogP contribution in [0.25, 0.3) is 0 Å². The molecule has 2 aromatic carbocycles. The second kappa shape index (κ2) is 8.83. The Morgan fingerprint density at radius 2 is 1.85 bits per heavy atom. The van der Waals surface area contributed by atoms with Gasteiger partial charge in [0.05, 0.1) is 28.8 Å². The largest absolute Gasteiger partial charge is 0.361 e. The van der Waals surface area contributed by atoms with Gasteiger partial charge in [-0.15, -0.1) is 0 Å². The average Bonchev–Trinajstić information content (AvgIpc) is 3.18. The van der Waals surface area contributed by atoms with Gasteiger partial charge < -0.3 is 9.47 Å². The Kier molecular flexibility index (Phi) is 5.99. The van der Waals surface area contributed by atoms with E-state index in [4.69, 9.17) is 28.3 Å². The third-order valence-electron chi connectivity index (χ3n) is 6.75. The summed E-state index contributed by atoms with van der Waals surface area (Å²) in [7, 11) is -1.83. The van der Waals surface area contributed by atoms with Crippen LogP contribution in [-0.2, 0) is 19.5 Å². The van der Waals surface area contributed by atoms with Gasteiger partial charge in [-0.25, -0.2) is 4.39 Å². The van der Waals surface area contributed by atoms with E-state index >= 15 is 0 Å². The Bertz CT molecular complexity index is 1300. The van der Waals surface area contributed by atoms with Gasteiger partial charge in [-0.2, -0.15) is 5.10 Å². The molecule has 2 atom stereocenters. The van der Waals surface area contributed by atoms with Crippen LogP contribution in [-0.4, -0.2) is 52.6 Å². The summed E-state index contributed by atoms with van der Waals surface area (Å²) in [5, 5.41) is 6.44. The SMILES string of the molecule is C[C@@H]1Cc2nn3c(c2CN1C(=O)c1ccc(Cl)c(Cl)c1)C(=O)N([Si@@H](C)c1ccc(F)cc1)CC3. The molecule has 0 saturated carbocycles. The molecular formula is C24H23Cl2FN4O2Si. The number of nitrogens with zero attached hydrogens (tertiary/aromatic N) is 4. The predicted molar refractivity (Wildman–Crippen MR) is 132 cm³/mol. The van der Waals surface area contributed by atoms with E-state index in [1.165, 1.54) is 12.1 Å². The van der Waals surface area contributed by atoms with Crippen molar-refractivity contribution in [2.45, 2.75) is 39.0 Å². The molecule has 0 bridgehead atoms. The van der Waals surface area contributed by atoms with Crippen molar-refractivity contribution in [1.29, 1.82) is 0 Å². The van der Waals surface area contributed by atoms with Crippen LogP contribution in [0.2, 0.25) is 16.6 Å². The number of rotatable bonds is 3. The van der Waals surface area contributed by atoms with Crippen LogP contribution in [0.3, 0.4) is 0 Å². The zero-order chi connectivity index (χ0) is 24.1. The lowest BCUT2D eigenvalue weighted by Crippen LogP contribution is -2.53. The summed E-state index contributed by atoms with van der Waals surface area (Å²) < 4.78 is 17.1. The van der Waals surface area contributed by atoms with Crippen molar-refractivity contribution in [2.24, 2.45) is 0 Å². The first-order chi connectivity index (χ1) is 16.2. The third-order valence-corrected chi connectivity index (χ3v) is 10.3. The number of fused-ring (bicyclic) bond motifs is 3. The van der Waals surface area contributed by atoms with E-state index in [0.29, 0.717) is 47.4 Å². The van der Waals surface area contributed by atoms with Crippen LogP contribution in [0.5, 0.6) is 0 Å². The highest BCUT2D eigenvalue weighted by Gasteiger charge is 2.38. The monoisotopic (exact) mass is 516 g/mol. The molecule has 0 unspecified atom stereocenters. The molecule has 2 amide bonds. The van der Waals surface area contributed by atoms with E-state index in [0.717, 1.165) is 16.4 Å². The highest BCUT2D eigenvalue weighted by atomic mass is 35.5. The summed E-state index contributed by atoms with van der Waals surface area (Å²) in [6, 6.07) is 11.2. The minimum absolute atomic E-state index is 0.0695. The molecule has 0 fully saturated rings. The Morgan fingerprint density at radius 1 is 1.12 bits per heavy atom. The number of hydrogen-bond acceptors (Lipinski definition) is 3. The van der Waals surface area contributed by atoms with Crippen molar-refractivity contribution in [3.63, 3.8) is 0 Å². The standard InChI is InChI=1S/C24H23Cl2FN4O2Si/c1-14-11-21-18(13-29(14)23(32)15-3-8-19(25)20(26)12-15)22-24(33)31(10-9-30(22)28-21)34(2)17-6-4-16(27)5-7-17/h3-8,12,14,34H,9-11,13H2,1-2H3/t14-,34+/m1/s1. The van der Waals surface area contributed by atoms with Gasteiger partial charge in [-0.3, -0.25) is 14.3 Å². The van der Waals surface area contributed by atoms with Crippen molar-refractivity contribution in [3.8, 4) is 0 Å². The smallest absolute Gasteiger partial charge is 0.264 e. The van der Waals surface area contributed by atoms with Crippen LogP contribution in [0.1, 0.15) is 39.0 Å². The molecule has 0 radical (unpaired) electrons. The summed E-state index contributed by atoms with van der Waals surface area (Å²) >= 11 is 12.1. The molecule has 1 aromatic heterocycles. The summed E-state index contributed by atoms with van der Waals surface area (Å²) in [6.07, 6.45) is 0.570. The molecule has 0 N–H and O–H groups in total. The minimum atomic E-state index is -1.83. The molecular weight excluding hydrogens is 494 g/mol. The third kappa shape index (κ3) is 3.93. The van der Waals surface area contributed by atoms with Crippen molar-refractivity contribution in [2.75, 3.05) is 6.54 Å². The highest BCUT2D eigenvalue weighted by molar-refractivity contribution is 6.71. The molecule has 176 valence electrons. The molecule has 0 spiro atoms. The van der Waals surface area contributed by atoms with Gasteiger partial charge in [0.2, 0.25) is 0 Å². The minimum Gasteiger partial charge on any atom is -0.361 e. The number of carbonyl (C=O) groups is 2. The van der Waals surface area contributed by atoms with Gasteiger partial charge >= 0.3 is 0 Å². The lowest BCUT2D eigenvalue weighted by atomic mass is 9.98. The number of hydrogen-bond donors (Lipinski definition) is 0. The van der Waals surface area contributed by atoms with Gasteiger partial charge in [0, 0.05) is 30.1 Å². The number of benzene rings is 2. The summed E-state index contributed by atoms with van der Waals surface area (Å²) in [5.41, 5.74) is 2.69. The quantitative estimate of drug-likeness (QED) is 0.499. The number of amides is 2. The van der Waals surface area contributed by atoms with Crippen molar-refractivity contribution in [1.82, 2.24) is 19.2 Å². The van der Waals surface area contributed by atoms with Crippen molar-refractivity contribution in [3.05, 3.63) is 80.8 Å². The van der Waals surface area contributed by atoms with Crippen molar-refractivity contribution >= 4 is 49.2 Å². The van der Waals surface area contributed by atoms with Gasteiger partial charge in [-0.05, 0) is 49.0 Å². The zero-order valence-electron chi connectivity index (χ0n) is 18.8. The fraction of sp³-hybridized carbons (Fsp3) is 0.292. The van der Waals surface area contributed by atoms with E-state index in [1.54, 1.807) is 39.9 Å². The van der Waals surface area contributed by atoms with Crippen LogP contribution in [0, 0.1) is 5.82 Å². The molecule has 0 aliphatic carbocycles. The topological polar surface area (TPSA) is 58.4 Å². The summed E-state index contributed by atoms with van der Waals surface area (Å²) in [5.74, 6) is -0.520. The first-order valence-corrected chi connectivity index (χ1v) is 14.2.